The van der Waals surface area contributed by atoms with Gasteiger partial charge in [-0.2, -0.15) is 0 Å². The molecule has 3 aromatic rings. The van der Waals surface area contributed by atoms with Crippen molar-refractivity contribution in [3.63, 3.8) is 0 Å². The lowest BCUT2D eigenvalue weighted by molar-refractivity contribution is 0.103. The van der Waals surface area contributed by atoms with Crippen molar-refractivity contribution in [3.8, 4) is 5.75 Å². The predicted octanol–water partition coefficient (Wildman–Crippen LogP) is 7.37. The Morgan fingerprint density at radius 2 is 1.71 bits per heavy atom. The lowest BCUT2D eigenvalue weighted by Crippen LogP contribution is -2.20. The Morgan fingerprint density at radius 1 is 0.971 bits per heavy atom. The Labute approximate surface area is 212 Å². The standard InChI is InChI=1S/C27H26BrFN2O4/c1-16-13-20(34-2)9-11-21(16)26(32)22-10-8-18(15-23(22)29)30-24-12-7-17(28)14-25(24)31-27(33)35-19-5-3-4-6-19/h7-15,19,30H,3-6H2,1-2H3,(H,31,33). The first-order chi connectivity index (χ1) is 16.8. The van der Waals surface area contributed by atoms with Gasteiger partial charge >= 0.3 is 6.09 Å². The third-order valence-electron chi connectivity index (χ3n) is 5.97. The van der Waals surface area contributed by atoms with Gasteiger partial charge in [0.05, 0.1) is 24.0 Å². The summed E-state index contributed by atoms with van der Waals surface area (Å²) < 4.78 is 26.4. The van der Waals surface area contributed by atoms with Gasteiger partial charge in [-0.3, -0.25) is 10.1 Å². The van der Waals surface area contributed by atoms with Crippen LogP contribution in [-0.2, 0) is 4.74 Å². The molecule has 1 amide bonds. The van der Waals surface area contributed by atoms with E-state index < -0.39 is 17.7 Å². The van der Waals surface area contributed by atoms with Crippen LogP contribution in [0.15, 0.2) is 59.1 Å². The van der Waals surface area contributed by atoms with Gasteiger partial charge in [0.25, 0.3) is 0 Å². The number of ether oxygens (including phenoxy) is 2. The van der Waals surface area contributed by atoms with Crippen LogP contribution in [0.25, 0.3) is 0 Å². The Morgan fingerprint density at radius 3 is 2.40 bits per heavy atom. The van der Waals surface area contributed by atoms with E-state index in [4.69, 9.17) is 9.47 Å². The van der Waals surface area contributed by atoms with E-state index in [1.807, 2.05) is 0 Å². The molecule has 0 radical (unpaired) electrons. The van der Waals surface area contributed by atoms with Crippen LogP contribution >= 0.6 is 15.9 Å². The lowest BCUT2D eigenvalue weighted by Gasteiger charge is -2.16. The second-order valence-corrected chi connectivity index (χ2v) is 9.37. The molecule has 35 heavy (non-hydrogen) atoms. The van der Waals surface area contributed by atoms with Crippen LogP contribution in [0.5, 0.6) is 5.75 Å². The first-order valence-electron chi connectivity index (χ1n) is 11.4. The highest BCUT2D eigenvalue weighted by molar-refractivity contribution is 9.10. The van der Waals surface area contributed by atoms with Crippen LogP contribution in [0.1, 0.15) is 47.2 Å². The third-order valence-corrected chi connectivity index (χ3v) is 6.46. The number of hydrogen-bond acceptors (Lipinski definition) is 5. The normalized spacial score (nSPS) is 13.4. The van der Waals surface area contributed by atoms with Gasteiger partial charge in [-0.1, -0.05) is 15.9 Å². The molecule has 0 unspecified atom stereocenters. The quantitative estimate of drug-likeness (QED) is 0.306. The highest BCUT2D eigenvalue weighted by atomic mass is 79.9. The molecule has 0 spiro atoms. The molecular formula is C27H26BrFN2O4. The maximum Gasteiger partial charge on any atom is 0.411 e. The molecule has 0 bridgehead atoms. The summed E-state index contributed by atoms with van der Waals surface area (Å²) in [5.41, 5.74) is 2.55. The van der Waals surface area contributed by atoms with E-state index in [2.05, 4.69) is 26.6 Å². The molecule has 0 aliphatic heterocycles. The van der Waals surface area contributed by atoms with Crippen molar-refractivity contribution >= 4 is 44.9 Å². The number of anilines is 3. The highest BCUT2D eigenvalue weighted by Crippen LogP contribution is 2.31. The summed E-state index contributed by atoms with van der Waals surface area (Å²) in [6.45, 7) is 1.78. The number of rotatable bonds is 7. The Kier molecular flexibility index (Phi) is 7.70. The Hall–Kier alpha value is -3.39. The van der Waals surface area contributed by atoms with E-state index in [-0.39, 0.29) is 11.7 Å². The number of benzene rings is 3. The highest BCUT2D eigenvalue weighted by Gasteiger charge is 2.20. The maximum atomic E-state index is 15.0. The zero-order valence-electron chi connectivity index (χ0n) is 19.5. The van der Waals surface area contributed by atoms with E-state index in [1.165, 1.54) is 12.1 Å². The van der Waals surface area contributed by atoms with Crippen molar-refractivity contribution in [1.29, 1.82) is 0 Å². The number of amides is 1. The zero-order chi connectivity index (χ0) is 24.9. The summed E-state index contributed by atoms with van der Waals surface area (Å²) >= 11 is 3.41. The maximum absolute atomic E-state index is 15.0. The van der Waals surface area contributed by atoms with Gasteiger partial charge in [0.1, 0.15) is 17.7 Å². The fourth-order valence-electron chi connectivity index (χ4n) is 4.12. The topological polar surface area (TPSA) is 76.7 Å². The van der Waals surface area contributed by atoms with Crippen LogP contribution < -0.4 is 15.4 Å². The largest absolute Gasteiger partial charge is 0.497 e. The van der Waals surface area contributed by atoms with Crippen LogP contribution in [0.2, 0.25) is 0 Å². The lowest BCUT2D eigenvalue weighted by atomic mass is 9.98. The van der Waals surface area contributed by atoms with Gasteiger partial charge in [0.15, 0.2) is 5.78 Å². The second-order valence-electron chi connectivity index (χ2n) is 8.46. The summed E-state index contributed by atoms with van der Waals surface area (Å²) in [4.78, 5) is 25.3. The van der Waals surface area contributed by atoms with Crippen molar-refractivity contribution in [3.05, 3.63) is 81.6 Å². The summed E-state index contributed by atoms with van der Waals surface area (Å²) in [7, 11) is 1.55. The zero-order valence-corrected chi connectivity index (χ0v) is 21.1. The molecule has 0 atom stereocenters. The van der Waals surface area contributed by atoms with Gasteiger partial charge in [-0.25, -0.2) is 9.18 Å². The molecule has 4 rings (SSSR count). The number of methoxy groups -OCH3 is 1. The van der Waals surface area contributed by atoms with Gasteiger partial charge in [0, 0.05) is 15.7 Å². The molecule has 0 heterocycles. The first kappa shape index (κ1) is 24.7. The number of carbonyl (C=O) groups is 2. The Balaban J connectivity index is 1.51. The third kappa shape index (κ3) is 6.00. The van der Waals surface area contributed by atoms with Crippen LogP contribution in [0.3, 0.4) is 0 Å². The van der Waals surface area contributed by atoms with E-state index in [1.54, 1.807) is 56.5 Å². The summed E-state index contributed by atoms with van der Waals surface area (Å²) in [6.07, 6.45) is 3.27. The minimum atomic E-state index is -0.650. The fraction of sp³-hybridized carbons (Fsp3) is 0.259. The molecule has 182 valence electrons. The molecule has 2 N–H and O–H groups in total. The van der Waals surface area contributed by atoms with Crippen LogP contribution in [-0.4, -0.2) is 25.1 Å². The molecule has 8 heteroatoms. The van der Waals surface area contributed by atoms with Gasteiger partial charge in [-0.05, 0) is 92.8 Å². The number of aryl methyl sites for hydroxylation is 1. The minimum Gasteiger partial charge on any atom is -0.497 e. The smallest absolute Gasteiger partial charge is 0.411 e. The molecule has 6 nitrogen and oxygen atoms in total. The number of carbonyl (C=O) groups excluding carboxylic acids is 2. The summed E-state index contributed by atoms with van der Waals surface area (Å²) in [5.74, 6) is -0.428. The molecule has 0 aromatic heterocycles. The van der Waals surface area contributed by atoms with Crippen molar-refractivity contribution < 1.29 is 23.5 Å². The van der Waals surface area contributed by atoms with Crippen LogP contribution in [0.4, 0.5) is 26.2 Å². The monoisotopic (exact) mass is 540 g/mol. The van der Waals surface area contributed by atoms with E-state index in [0.717, 1.165) is 30.2 Å². The number of nitrogens with one attached hydrogen (secondary N) is 2. The Bertz CT molecular complexity index is 1260. The van der Waals surface area contributed by atoms with Gasteiger partial charge in [0.2, 0.25) is 0 Å². The summed E-state index contributed by atoms with van der Waals surface area (Å²) in [6, 6.07) is 14.7. The van der Waals surface area contributed by atoms with Crippen molar-refractivity contribution in [2.24, 2.45) is 0 Å². The second kappa shape index (κ2) is 10.9. The minimum absolute atomic E-state index is 0.0295. The molecule has 3 aromatic carbocycles. The molecule has 1 saturated carbocycles. The van der Waals surface area contributed by atoms with Crippen molar-refractivity contribution in [2.75, 3.05) is 17.7 Å². The predicted molar refractivity (Wildman–Crippen MR) is 137 cm³/mol. The molecular weight excluding hydrogens is 515 g/mol. The summed E-state index contributed by atoms with van der Waals surface area (Å²) in [5, 5.41) is 5.88. The van der Waals surface area contributed by atoms with E-state index in [9.17, 15) is 14.0 Å². The first-order valence-corrected chi connectivity index (χ1v) is 12.2. The molecule has 1 fully saturated rings. The van der Waals surface area contributed by atoms with Crippen molar-refractivity contribution in [2.45, 2.75) is 38.7 Å². The molecule has 1 aliphatic rings. The average molecular weight is 541 g/mol. The number of hydrogen-bond donors (Lipinski definition) is 2. The van der Waals surface area contributed by atoms with Crippen molar-refractivity contribution in [1.82, 2.24) is 0 Å². The fourth-order valence-corrected chi connectivity index (χ4v) is 4.48. The number of ketones is 1. The molecule has 0 saturated heterocycles. The number of halogens is 2. The van der Waals surface area contributed by atoms with Gasteiger partial charge < -0.3 is 14.8 Å². The van der Waals surface area contributed by atoms with Crippen LogP contribution in [0, 0.1) is 12.7 Å². The van der Waals surface area contributed by atoms with E-state index in [0.29, 0.717) is 33.9 Å². The average Bonchev–Trinajstić information content (AvgIpc) is 3.33. The SMILES string of the molecule is COc1ccc(C(=O)c2ccc(Nc3ccc(Br)cc3NC(=O)OC3CCCC3)cc2F)c(C)c1. The van der Waals surface area contributed by atoms with E-state index >= 15 is 0 Å². The molecule has 1 aliphatic carbocycles. The van der Waals surface area contributed by atoms with Gasteiger partial charge in [-0.15, -0.1) is 0 Å².